The van der Waals surface area contributed by atoms with E-state index in [1.54, 1.807) is 37.3 Å². The molecule has 3 nitrogen and oxygen atoms in total. The number of nitrogens with one attached hydrogen (secondary N) is 1. The van der Waals surface area contributed by atoms with Crippen molar-refractivity contribution in [2.75, 3.05) is 13.7 Å². The van der Waals surface area contributed by atoms with E-state index in [4.69, 9.17) is 4.74 Å². The lowest BCUT2D eigenvalue weighted by Crippen LogP contribution is -2.28. The summed E-state index contributed by atoms with van der Waals surface area (Å²) in [5.41, 5.74) is 0.215. The standard InChI is InChI=1S/C18H20F3NO2/c1-12(15-8-3-4-9-16(15)18(19,20)21)22-17(11-23)13-6-5-7-14(10-13)24-2/h3-10,12,17,22-23H,11H2,1-2H3. The largest absolute Gasteiger partial charge is 0.497 e. The van der Waals surface area contributed by atoms with Crippen LogP contribution in [0.25, 0.3) is 0 Å². The Hall–Kier alpha value is -2.05. The van der Waals surface area contributed by atoms with E-state index in [9.17, 15) is 18.3 Å². The molecule has 0 bridgehead atoms. The van der Waals surface area contributed by atoms with E-state index in [2.05, 4.69) is 5.32 Å². The number of aliphatic hydroxyl groups is 1. The predicted octanol–water partition coefficient (Wildman–Crippen LogP) is 4.10. The number of benzene rings is 2. The molecule has 0 aliphatic carbocycles. The van der Waals surface area contributed by atoms with E-state index in [0.29, 0.717) is 5.75 Å². The zero-order chi connectivity index (χ0) is 17.7. The molecular formula is C18H20F3NO2. The van der Waals surface area contributed by atoms with Crippen LogP contribution in [0.5, 0.6) is 5.75 Å². The Morgan fingerprint density at radius 1 is 1.12 bits per heavy atom. The van der Waals surface area contributed by atoms with Crippen LogP contribution in [0.2, 0.25) is 0 Å². The lowest BCUT2D eigenvalue weighted by Gasteiger charge is -2.25. The number of rotatable bonds is 6. The first kappa shape index (κ1) is 18.3. The minimum atomic E-state index is -4.42. The summed E-state index contributed by atoms with van der Waals surface area (Å²) in [5.74, 6) is 0.621. The van der Waals surface area contributed by atoms with Gasteiger partial charge in [-0.25, -0.2) is 0 Å². The SMILES string of the molecule is COc1cccc(C(CO)NC(C)c2ccccc2C(F)(F)F)c1. The van der Waals surface area contributed by atoms with Crippen molar-refractivity contribution < 1.29 is 23.0 Å². The fourth-order valence-electron chi connectivity index (χ4n) is 2.64. The van der Waals surface area contributed by atoms with Gasteiger partial charge in [-0.3, -0.25) is 0 Å². The normalized spacial score (nSPS) is 14.2. The maximum absolute atomic E-state index is 13.2. The second kappa shape index (κ2) is 7.68. The topological polar surface area (TPSA) is 41.5 Å². The average molecular weight is 339 g/mol. The minimum absolute atomic E-state index is 0.145. The van der Waals surface area contributed by atoms with Crippen molar-refractivity contribution in [3.8, 4) is 5.75 Å². The Kier molecular flexibility index (Phi) is 5.85. The summed E-state index contributed by atoms with van der Waals surface area (Å²) < 4.78 is 44.6. The van der Waals surface area contributed by atoms with Crippen LogP contribution >= 0.6 is 0 Å². The van der Waals surface area contributed by atoms with Crippen molar-refractivity contribution in [3.05, 3.63) is 65.2 Å². The molecule has 2 aromatic carbocycles. The van der Waals surface area contributed by atoms with Gasteiger partial charge in [0.05, 0.1) is 25.3 Å². The lowest BCUT2D eigenvalue weighted by atomic mass is 9.99. The molecule has 0 saturated heterocycles. The van der Waals surface area contributed by atoms with Crippen LogP contribution in [-0.4, -0.2) is 18.8 Å². The van der Waals surface area contributed by atoms with Crippen LogP contribution in [0.1, 0.15) is 35.7 Å². The van der Waals surface area contributed by atoms with Gasteiger partial charge in [0.25, 0.3) is 0 Å². The third-order valence-electron chi connectivity index (χ3n) is 3.86. The molecule has 0 fully saturated rings. The van der Waals surface area contributed by atoms with Gasteiger partial charge in [0.15, 0.2) is 0 Å². The fourth-order valence-corrected chi connectivity index (χ4v) is 2.64. The van der Waals surface area contributed by atoms with E-state index in [-0.39, 0.29) is 12.2 Å². The van der Waals surface area contributed by atoms with Crippen LogP contribution in [0.3, 0.4) is 0 Å². The highest BCUT2D eigenvalue weighted by atomic mass is 19.4. The number of aliphatic hydroxyl groups excluding tert-OH is 1. The molecule has 0 aromatic heterocycles. The Bertz CT molecular complexity index is 673. The maximum atomic E-state index is 13.2. The van der Waals surface area contributed by atoms with Gasteiger partial charge in [-0.15, -0.1) is 0 Å². The number of ether oxygens (including phenoxy) is 1. The molecule has 0 aliphatic rings. The van der Waals surface area contributed by atoms with Gasteiger partial charge in [-0.05, 0) is 36.2 Å². The summed E-state index contributed by atoms with van der Waals surface area (Å²) in [5, 5.41) is 12.7. The van der Waals surface area contributed by atoms with Gasteiger partial charge in [-0.2, -0.15) is 13.2 Å². The molecule has 0 aliphatic heterocycles. The second-order valence-corrected chi connectivity index (χ2v) is 5.49. The molecule has 2 N–H and O–H groups in total. The molecule has 6 heteroatoms. The first-order chi connectivity index (χ1) is 11.4. The number of alkyl halides is 3. The highest BCUT2D eigenvalue weighted by Gasteiger charge is 2.34. The van der Waals surface area contributed by atoms with Crippen LogP contribution < -0.4 is 10.1 Å². The van der Waals surface area contributed by atoms with Crippen LogP contribution in [0.15, 0.2) is 48.5 Å². The van der Waals surface area contributed by atoms with Crippen molar-refractivity contribution >= 4 is 0 Å². The quantitative estimate of drug-likeness (QED) is 0.833. The summed E-state index contributed by atoms with van der Waals surface area (Å²) in [6, 6.07) is 11.4. The summed E-state index contributed by atoms with van der Waals surface area (Å²) in [6.45, 7) is 1.40. The van der Waals surface area contributed by atoms with Crippen molar-refractivity contribution in [2.45, 2.75) is 25.2 Å². The van der Waals surface area contributed by atoms with E-state index in [1.807, 2.05) is 0 Å². The molecule has 2 aromatic rings. The summed E-state index contributed by atoms with van der Waals surface area (Å²) in [4.78, 5) is 0. The summed E-state index contributed by atoms with van der Waals surface area (Å²) in [7, 11) is 1.53. The van der Waals surface area contributed by atoms with Crippen molar-refractivity contribution in [2.24, 2.45) is 0 Å². The summed E-state index contributed by atoms with van der Waals surface area (Å²) >= 11 is 0. The maximum Gasteiger partial charge on any atom is 0.416 e. The van der Waals surface area contributed by atoms with Crippen molar-refractivity contribution in [3.63, 3.8) is 0 Å². The Balaban J connectivity index is 2.25. The van der Waals surface area contributed by atoms with Crippen LogP contribution in [-0.2, 0) is 6.18 Å². The monoisotopic (exact) mass is 339 g/mol. The molecule has 2 atom stereocenters. The Labute approximate surface area is 139 Å². The predicted molar refractivity (Wildman–Crippen MR) is 85.8 cm³/mol. The highest BCUT2D eigenvalue weighted by molar-refractivity contribution is 5.34. The van der Waals surface area contributed by atoms with Gasteiger partial charge in [0.2, 0.25) is 0 Å². The first-order valence-electron chi connectivity index (χ1n) is 7.53. The first-order valence-corrected chi connectivity index (χ1v) is 7.53. The van der Waals surface area contributed by atoms with Crippen LogP contribution in [0.4, 0.5) is 13.2 Å². The molecule has 0 radical (unpaired) electrons. The molecule has 2 unspecified atom stereocenters. The molecule has 0 amide bonds. The molecule has 0 heterocycles. The number of hydrogen-bond acceptors (Lipinski definition) is 3. The smallest absolute Gasteiger partial charge is 0.416 e. The fraction of sp³-hybridized carbons (Fsp3) is 0.333. The van der Waals surface area contributed by atoms with Gasteiger partial charge in [-0.1, -0.05) is 30.3 Å². The van der Waals surface area contributed by atoms with Crippen LogP contribution in [0, 0.1) is 0 Å². The van der Waals surface area contributed by atoms with Crippen molar-refractivity contribution in [1.29, 1.82) is 0 Å². The van der Waals surface area contributed by atoms with E-state index in [0.717, 1.165) is 11.6 Å². The van der Waals surface area contributed by atoms with Gasteiger partial charge < -0.3 is 15.2 Å². The second-order valence-electron chi connectivity index (χ2n) is 5.49. The molecule has 130 valence electrons. The zero-order valence-corrected chi connectivity index (χ0v) is 13.5. The van der Waals surface area contributed by atoms with E-state index in [1.165, 1.54) is 19.2 Å². The lowest BCUT2D eigenvalue weighted by molar-refractivity contribution is -0.138. The number of hydrogen-bond donors (Lipinski definition) is 2. The Morgan fingerprint density at radius 2 is 1.83 bits per heavy atom. The molecule has 0 spiro atoms. The molecule has 2 rings (SSSR count). The number of methoxy groups -OCH3 is 1. The van der Waals surface area contributed by atoms with Crippen molar-refractivity contribution in [1.82, 2.24) is 5.32 Å². The number of halogens is 3. The third-order valence-corrected chi connectivity index (χ3v) is 3.86. The van der Waals surface area contributed by atoms with E-state index >= 15 is 0 Å². The average Bonchev–Trinajstić information content (AvgIpc) is 2.58. The van der Waals surface area contributed by atoms with Gasteiger partial charge in [0, 0.05) is 6.04 Å². The molecular weight excluding hydrogens is 319 g/mol. The van der Waals surface area contributed by atoms with Gasteiger partial charge >= 0.3 is 6.18 Å². The summed E-state index contributed by atoms with van der Waals surface area (Å²) in [6.07, 6.45) is -4.42. The van der Waals surface area contributed by atoms with E-state index < -0.39 is 23.8 Å². The zero-order valence-electron chi connectivity index (χ0n) is 13.5. The Morgan fingerprint density at radius 3 is 2.46 bits per heavy atom. The van der Waals surface area contributed by atoms with Gasteiger partial charge in [0.1, 0.15) is 5.75 Å². The molecule has 0 saturated carbocycles. The minimum Gasteiger partial charge on any atom is -0.497 e. The highest BCUT2D eigenvalue weighted by Crippen LogP contribution is 2.35. The molecule has 24 heavy (non-hydrogen) atoms. The third kappa shape index (κ3) is 4.27.